The highest BCUT2D eigenvalue weighted by atomic mass is 32.2. The number of hydrogen-bond acceptors (Lipinski definition) is 8. The molecule has 0 bridgehead atoms. The maximum atomic E-state index is 13.1. The van der Waals surface area contributed by atoms with Crippen molar-refractivity contribution in [3.05, 3.63) is 30.1 Å². The fourth-order valence-corrected chi connectivity index (χ4v) is 3.45. The molecule has 0 radical (unpaired) electrons. The summed E-state index contributed by atoms with van der Waals surface area (Å²) in [5.41, 5.74) is -0.926. The zero-order valence-electron chi connectivity index (χ0n) is 18.4. The summed E-state index contributed by atoms with van der Waals surface area (Å²) in [6.45, 7) is -1.02. The number of amides is 2. The lowest BCUT2D eigenvalue weighted by Crippen LogP contribution is -2.23. The fourth-order valence-electron chi connectivity index (χ4n) is 2.62. The Kier molecular flexibility index (Phi) is 4.85. The predicted molar refractivity (Wildman–Crippen MR) is 102 cm³/mol. The molecule has 0 aromatic carbocycles. The highest BCUT2D eigenvalue weighted by Gasteiger charge is 2.39. The Morgan fingerprint density at radius 3 is 2.70 bits per heavy atom. The third-order valence-corrected chi connectivity index (χ3v) is 5.80. The van der Waals surface area contributed by atoms with E-state index in [1.807, 2.05) is 6.92 Å². The first-order chi connectivity index (χ1) is 15.3. The normalized spacial score (nSPS) is 19.9. The molecule has 2 aromatic rings. The van der Waals surface area contributed by atoms with Crippen LogP contribution in [0.15, 0.2) is 29.3 Å². The summed E-state index contributed by atoms with van der Waals surface area (Å²) in [6.07, 6.45) is 1.78. The molecule has 0 aliphatic heterocycles. The number of nitrogens with one attached hydrogen (secondary N) is 3. The van der Waals surface area contributed by atoms with Crippen molar-refractivity contribution in [3.8, 4) is 0 Å². The topological polar surface area (TPSA) is 143 Å². The van der Waals surface area contributed by atoms with Crippen LogP contribution in [-0.2, 0) is 14.6 Å². The average molecular weight is 443 g/mol. The molecule has 0 saturated heterocycles. The minimum Gasteiger partial charge on any atom is -0.354 e. The first-order valence-electron chi connectivity index (χ1n) is 10.0. The van der Waals surface area contributed by atoms with E-state index in [0.29, 0.717) is 6.42 Å². The van der Waals surface area contributed by atoms with E-state index >= 15 is 0 Å². The maximum Gasteiger partial charge on any atom is 0.341 e. The molecule has 3 N–H and O–H groups in total. The summed E-state index contributed by atoms with van der Waals surface area (Å²) in [4.78, 5) is 27.5. The molecule has 10 nitrogen and oxygen atoms in total. The Balaban J connectivity index is 2.02. The van der Waals surface area contributed by atoms with Crippen LogP contribution in [0.5, 0.6) is 0 Å². The SMILES string of the molecule is [2H]C([2H])([2H])NC(=O)c1nnc(NC(=O)[C@@H]2C[C@H]2C)cc1Nc1ncccc1S(=O)(=O)C(F)F. The van der Waals surface area contributed by atoms with Gasteiger partial charge in [-0.25, -0.2) is 13.4 Å². The number of pyridine rings is 1. The van der Waals surface area contributed by atoms with Gasteiger partial charge >= 0.3 is 5.76 Å². The van der Waals surface area contributed by atoms with Crippen LogP contribution in [0.1, 0.15) is 27.9 Å². The van der Waals surface area contributed by atoms with Crippen molar-refractivity contribution in [2.24, 2.45) is 11.8 Å². The van der Waals surface area contributed by atoms with E-state index in [-0.39, 0.29) is 29.2 Å². The molecule has 1 aliphatic carbocycles. The molecule has 1 aliphatic rings. The highest BCUT2D eigenvalue weighted by Crippen LogP contribution is 2.38. The van der Waals surface area contributed by atoms with Gasteiger partial charge in [-0.3, -0.25) is 9.59 Å². The maximum absolute atomic E-state index is 13.1. The van der Waals surface area contributed by atoms with Gasteiger partial charge in [0.05, 0.1) is 5.69 Å². The van der Waals surface area contributed by atoms with Gasteiger partial charge in [0.1, 0.15) is 10.7 Å². The van der Waals surface area contributed by atoms with E-state index in [9.17, 15) is 26.8 Å². The van der Waals surface area contributed by atoms with Crippen LogP contribution in [0.4, 0.5) is 26.1 Å². The van der Waals surface area contributed by atoms with Gasteiger partial charge < -0.3 is 16.0 Å². The van der Waals surface area contributed by atoms with E-state index in [1.165, 1.54) is 0 Å². The number of carbonyl (C=O) groups is 2. The first-order valence-corrected chi connectivity index (χ1v) is 10.1. The van der Waals surface area contributed by atoms with Gasteiger partial charge in [0, 0.05) is 29.3 Å². The largest absolute Gasteiger partial charge is 0.354 e. The Morgan fingerprint density at radius 1 is 1.33 bits per heavy atom. The third kappa shape index (κ3) is 4.35. The van der Waals surface area contributed by atoms with Crippen LogP contribution >= 0.6 is 0 Å². The Labute approximate surface area is 174 Å². The Hall–Kier alpha value is -3.22. The van der Waals surface area contributed by atoms with Crippen molar-refractivity contribution in [1.29, 1.82) is 0 Å². The minimum atomic E-state index is -5.08. The summed E-state index contributed by atoms with van der Waals surface area (Å²) in [5, 5.41) is 13.9. The zero-order valence-corrected chi connectivity index (χ0v) is 16.2. The highest BCUT2D eigenvalue weighted by molar-refractivity contribution is 7.91. The first kappa shape index (κ1) is 17.6. The lowest BCUT2D eigenvalue weighted by Gasteiger charge is -2.14. The second-order valence-electron chi connectivity index (χ2n) is 6.54. The van der Waals surface area contributed by atoms with Gasteiger partial charge in [0.25, 0.3) is 5.91 Å². The van der Waals surface area contributed by atoms with Gasteiger partial charge in [-0.05, 0) is 24.5 Å². The van der Waals surface area contributed by atoms with E-state index in [4.69, 9.17) is 4.11 Å². The molecule has 3 rings (SSSR count). The molecule has 1 saturated carbocycles. The number of halogens is 2. The van der Waals surface area contributed by atoms with Crippen LogP contribution < -0.4 is 16.0 Å². The number of alkyl halides is 2. The second-order valence-corrected chi connectivity index (χ2v) is 8.42. The fraction of sp³-hybridized carbons (Fsp3) is 0.353. The van der Waals surface area contributed by atoms with Crippen molar-refractivity contribution < 1.29 is 30.9 Å². The Morgan fingerprint density at radius 2 is 2.07 bits per heavy atom. The van der Waals surface area contributed by atoms with E-state index in [2.05, 4.69) is 25.8 Å². The van der Waals surface area contributed by atoms with Crippen molar-refractivity contribution in [2.45, 2.75) is 24.0 Å². The van der Waals surface area contributed by atoms with Crippen molar-refractivity contribution in [3.63, 3.8) is 0 Å². The van der Waals surface area contributed by atoms with Crippen molar-refractivity contribution in [2.75, 3.05) is 17.6 Å². The van der Waals surface area contributed by atoms with Gasteiger partial charge in [-0.1, -0.05) is 6.92 Å². The molecule has 2 amide bonds. The average Bonchev–Trinajstić information content (AvgIpc) is 3.44. The number of sulfone groups is 1. The van der Waals surface area contributed by atoms with Gasteiger partial charge in [0.2, 0.25) is 15.7 Å². The minimum absolute atomic E-state index is 0.138. The molecular formula is C17H18F2N6O4S. The van der Waals surface area contributed by atoms with Crippen LogP contribution in [0.25, 0.3) is 0 Å². The predicted octanol–water partition coefficient (Wildman–Crippen LogP) is 1.57. The van der Waals surface area contributed by atoms with Gasteiger partial charge in [-0.2, -0.15) is 8.78 Å². The van der Waals surface area contributed by atoms with Crippen molar-refractivity contribution >= 4 is 39.0 Å². The standard InChI is InChI=1S/C17H18F2N6O4S/c1-8-6-9(8)15(26)23-12-7-10(13(25-24-12)16(27)20-2)22-14-11(4-3-5-21-14)30(28,29)17(18)19/h3-5,7-9,17H,6H2,1-2H3,(H,20,27)(H2,21,22,23,24,26)/t8-,9-/m1/s1/i2D3. The lowest BCUT2D eigenvalue weighted by molar-refractivity contribution is -0.117. The summed E-state index contributed by atoms with van der Waals surface area (Å²) < 4.78 is 71.7. The second kappa shape index (κ2) is 8.26. The van der Waals surface area contributed by atoms with E-state index in [0.717, 1.165) is 24.4 Å². The van der Waals surface area contributed by atoms with E-state index < -0.39 is 44.9 Å². The number of anilines is 3. The summed E-state index contributed by atoms with van der Waals surface area (Å²) in [5.74, 6) is -6.08. The molecular weight excluding hydrogens is 422 g/mol. The molecule has 0 unspecified atom stereocenters. The van der Waals surface area contributed by atoms with Crippen LogP contribution in [0, 0.1) is 11.8 Å². The van der Waals surface area contributed by atoms with Gasteiger partial charge in [0.15, 0.2) is 11.5 Å². The number of carbonyl (C=O) groups excluding carboxylic acids is 2. The third-order valence-electron chi connectivity index (χ3n) is 4.38. The number of aromatic nitrogens is 3. The molecule has 0 spiro atoms. The molecule has 13 heteroatoms. The quantitative estimate of drug-likeness (QED) is 0.585. The van der Waals surface area contributed by atoms with E-state index in [1.54, 1.807) is 5.32 Å². The molecule has 1 fully saturated rings. The van der Waals surface area contributed by atoms with Crippen LogP contribution in [-0.4, -0.2) is 48.1 Å². The smallest absolute Gasteiger partial charge is 0.341 e. The molecule has 160 valence electrons. The molecule has 2 atom stereocenters. The number of rotatable bonds is 7. The molecule has 30 heavy (non-hydrogen) atoms. The lowest BCUT2D eigenvalue weighted by atomic mass is 10.2. The molecule has 2 heterocycles. The monoisotopic (exact) mass is 443 g/mol. The summed E-state index contributed by atoms with van der Waals surface area (Å²) >= 11 is 0. The number of nitrogens with zero attached hydrogens (tertiary/aromatic N) is 3. The summed E-state index contributed by atoms with van der Waals surface area (Å²) in [6, 6.07) is 3.08. The van der Waals surface area contributed by atoms with Crippen LogP contribution in [0.3, 0.4) is 0 Å². The molecule has 2 aromatic heterocycles. The van der Waals surface area contributed by atoms with Crippen LogP contribution in [0.2, 0.25) is 0 Å². The van der Waals surface area contributed by atoms with Crippen molar-refractivity contribution in [1.82, 2.24) is 20.5 Å². The van der Waals surface area contributed by atoms with Gasteiger partial charge in [-0.15, -0.1) is 10.2 Å². The zero-order chi connectivity index (χ0) is 24.6. The number of hydrogen-bond donors (Lipinski definition) is 3. The summed E-state index contributed by atoms with van der Waals surface area (Å²) in [7, 11) is -5.08. The Bertz CT molecular complexity index is 1200.